The zero-order chi connectivity index (χ0) is 20.8. The summed E-state index contributed by atoms with van der Waals surface area (Å²) in [6.07, 6.45) is 0. The quantitative estimate of drug-likeness (QED) is 0.317. The van der Waals surface area contributed by atoms with Crippen LogP contribution in [0.2, 0.25) is 5.02 Å². The molecule has 0 spiro atoms. The predicted octanol–water partition coefficient (Wildman–Crippen LogP) is 7.76. The molecule has 0 unspecified atom stereocenters. The van der Waals surface area contributed by atoms with Gasteiger partial charge in [0.05, 0.1) is 11.1 Å². The Morgan fingerprint density at radius 1 is 1.00 bits per heavy atom. The lowest BCUT2D eigenvalue weighted by atomic mass is 10.1. The van der Waals surface area contributed by atoms with E-state index in [9.17, 15) is 0 Å². The van der Waals surface area contributed by atoms with Gasteiger partial charge in [0.2, 0.25) is 0 Å². The maximum Gasteiger partial charge on any atom is 0.175 e. The summed E-state index contributed by atoms with van der Waals surface area (Å²) < 4.78 is 13.8. The number of hydrogen-bond acceptors (Lipinski definition) is 3. The summed E-state index contributed by atoms with van der Waals surface area (Å²) in [5, 5.41) is 4.17. The maximum atomic E-state index is 6.24. The van der Waals surface area contributed by atoms with Crippen molar-refractivity contribution in [2.75, 3.05) is 11.9 Å². The van der Waals surface area contributed by atoms with Crippen LogP contribution < -0.4 is 14.8 Å². The highest BCUT2D eigenvalue weighted by Crippen LogP contribution is 2.38. The number of rotatable bonds is 8. The third kappa shape index (κ3) is 5.91. The van der Waals surface area contributed by atoms with E-state index in [0.29, 0.717) is 36.3 Å². The number of benzene rings is 3. The maximum absolute atomic E-state index is 6.24. The van der Waals surface area contributed by atoms with Crippen LogP contribution in [-0.2, 0) is 13.2 Å². The van der Waals surface area contributed by atoms with Crippen LogP contribution in [0.15, 0.2) is 63.5 Å². The van der Waals surface area contributed by atoms with E-state index in [1.54, 1.807) is 0 Å². The van der Waals surface area contributed by atoms with Crippen LogP contribution in [0, 0.1) is 6.92 Å². The number of aryl methyl sites for hydroxylation is 1. The zero-order valence-electron chi connectivity index (χ0n) is 16.3. The van der Waals surface area contributed by atoms with Crippen molar-refractivity contribution in [1.82, 2.24) is 0 Å². The van der Waals surface area contributed by atoms with Gasteiger partial charge in [-0.15, -0.1) is 0 Å². The Morgan fingerprint density at radius 3 is 2.52 bits per heavy atom. The third-order valence-electron chi connectivity index (χ3n) is 4.37. The van der Waals surface area contributed by atoms with E-state index in [1.165, 1.54) is 5.56 Å². The molecule has 3 rings (SSSR count). The Labute approximate surface area is 193 Å². The molecular formula is C23H22Br2ClNO2. The highest BCUT2D eigenvalue weighted by atomic mass is 79.9. The lowest BCUT2D eigenvalue weighted by Gasteiger charge is -2.17. The molecule has 152 valence electrons. The number of hydrogen-bond donors (Lipinski definition) is 1. The summed E-state index contributed by atoms with van der Waals surface area (Å²) in [4.78, 5) is 0. The van der Waals surface area contributed by atoms with Crippen LogP contribution in [0.3, 0.4) is 0 Å². The number of ether oxygens (including phenoxy) is 2. The summed E-state index contributed by atoms with van der Waals surface area (Å²) >= 11 is 13.4. The smallest absolute Gasteiger partial charge is 0.175 e. The number of halogens is 3. The van der Waals surface area contributed by atoms with Gasteiger partial charge in [-0.3, -0.25) is 0 Å². The van der Waals surface area contributed by atoms with Crippen LogP contribution >= 0.6 is 43.5 Å². The summed E-state index contributed by atoms with van der Waals surface area (Å²) in [5.41, 5.74) is 4.30. The first-order valence-electron chi connectivity index (χ1n) is 9.29. The molecule has 0 aromatic heterocycles. The van der Waals surface area contributed by atoms with Crippen molar-refractivity contribution in [2.45, 2.75) is 27.0 Å². The van der Waals surface area contributed by atoms with Gasteiger partial charge in [-0.05, 0) is 77.3 Å². The molecule has 3 nitrogen and oxygen atoms in total. The SMILES string of the molecule is CCOc1cc(CNc2ccc(Br)cc2C)cc(Br)c1OCc1ccccc1Cl. The summed E-state index contributed by atoms with van der Waals surface area (Å²) in [6, 6.07) is 17.9. The molecule has 29 heavy (non-hydrogen) atoms. The van der Waals surface area contributed by atoms with Crippen molar-refractivity contribution in [3.05, 3.63) is 85.3 Å². The largest absolute Gasteiger partial charge is 0.490 e. The molecule has 3 aromatic rings. The van der Waals surface area contributed by atoms with E-state index in [0.717, 1.165) is 25.8 Å². The summed E-state index contributed by atoms with van der Waals surface area (Å²) in [7, 11) is 0. The molecule has 0 saturated heterocycles. The van der Waals surface area contributed by atoms with Crippen molar-refractivity contribution in [3.8, 4) is 11.5 Å². The first-order chi connectivity index (χ1) is 14.0. The molecule has 0 heterocycles. The van der Waals surface area contributed by atoms with Crippen LogP contribution in [0.1, 0.15) is 23.6 Å². The van der Waals surface area contributed by atoms with E-state index in [4.69, 9.17) is 21.1 Å². The molecule has 0 aliphatic heterocycles. The fraction of sp³-hybridized carbons (Fsp3) is 0.217. The molecule has 1 N–H and O–H groups in total. The predicted molar refractivity (Wildman–Crippen MR) is 127 cm³/mol. The van der Waals surface area contributed by atoms with E-state index < -0.39 is 0 Å². The monoisotopic (exact) mass is 537 g/mol. The molecular weight excluding hydrogens is 518 g/mol. The van der Waals surface area contributed by atoms with Crippen LogP contribution in [-0.4, -0.2) is 6.61 Å². The Kier molecular flexibility index (Phi) is 7.87. The van der Waals surface area contributed by atoms with Gasteiger partial charge in [-0.2, -0.15) is 0 Å². The molecule has 6 heteroatoms. The van der Waals surface area contributed by atoms with Crippen molar-refractivity contribution in [1.29, 1.82) is 0 Å². The molecule has 0 atom stereocenters. The molecule has 0 saturated carbocycles. The van der Waals surface area contributed by atoms with Crippen LogP contribution in [0.4, 0.5) is 5.69 Å². The summed E-state index contributed by atoms with van der Waals surface area (Å²) in [6.45, 7) is 5.64. The number of anilines is 1. The molecule has 0 radical (unpaired) electrons. The third-order valence-corrected chi connectivity index (χ3v) is 5.82. The second-order valence-electron chi connectivity index (χ2n) is 6.53. The average Bonchev–Trinajstić information content (AvgIpc) is 2.68. The molecule has 0 amide bonds. The molecule has 3 aromatic carbocycles. The lowest BCUT2D eigenvalue weighted by molar-refractivity contribution is 0.267. The van der Waals surface area contributed by atoms with Crippen molar-refractivity contribution in [3.63, 3.8) is 0 Å². The fourth-order valence-corrected chi connectivity index (χ4v) is 4.18. The van der Waals surface area contributed by atoms with Gasteiger partial charge in [0.15, 0.2) is 11.5 Å². The minimum Gasteiger partial charge on any atom is -0.490 e. The van der Waals surface area contributed by atoms with Crippen molar-refractivity contribution < 1.29 is 9.47 Å². The first-order valence-corrected chi connectivity index (χ1v) is 11.3. The Bertz CT molecular complexity index is 995. The van der Waals surface area contributed by atoms with Crippen molar-refractivity contribution in [2.24, 2.45) is 0 Å². The van der Waals surface area contributed by atoms with E-state index in [2.05, 4.69) is 56.2 Å². The molecule has 0 aliphatic carbocycles. The first kappa shape index (κ1) is 22.0. The van der Waals surface area contributed by atoms with Gasteiger partial charge in [-0.25, -0.2) is 0 Å². The lowest BCUT2D eigenvalue weighted by Crippen LogP contribution is -2.05. The van der Waals surface area contributed by atoms with E-state index in [-0.39, 0.29) is 0 Å². The number of nitrogens with one attached hydrogen (secondary N) is 1. The standard InChI is InChI=1S/C23H22Br2ClNO2/c1-3-28-22-12-16(13-27-21-9-8-18(24)10-15(21)2)11-19(25)23(22)29-14-17-6-4-5-7-20(17)26/h4-12,27H,3,13-14H2,1-2H3. The highest BCUT2D eigenvalue weighted by molar-refractivity contribution is 9.10. The van der Waals surface area contributed by atoms with Crippen LogP contribution in [0.25, 0.3) is 0 Å². The van der Waals surface area contributed by atoms with E-state index in [1.807, 2.05) is 49.4 Å². The van der Waals surface area contributed by atoms with Gasteiger partial charge >= 0.3 is 0 Å². The van der Waals surface area contributed by atoms with Gasteiger partial charge in [0.25, 0.3) is 0 Å². The highest BCUT2D eigenvalue weighted by Gasteiger charge is 2.13. The normalized spacial score (nSPS) is 10.7. The fourth-order valence-electron chi connectivity index (χ4n) is 2.91. The van der Waals surface area contributed by atoms with Gasteiger partial charge in [0.1, 0.15) is 6.61 Å². The zero-order valence-corrected chi connectivity index (χ0v) is 20.2. The molecule has 0 bridgehead atoms. The second kappa shape index (κ2) is 10.4. The second-order valence-corrected chi connectivity index (χ2v) is 8.71. The van der Waals surface area contributed by atoms with Crippen molar-refractivity contribution >= 4 is 49.1 Å². The average molecular weight is 540 g/mol. The van der Waals surface area contributed by atoms with Gasteiger partial charge < -0.3 is 14.8 Å². The van der Waals surface area contributed by atoms with E-state index >= 15 is 0 Å². The summed E-state index contributed by atoms with van der Waals surface area (Å²) in [5.74, 6) is 1.38. The van der Waals surface area contributed by atoms with Crippen LogP contribution in [0.5, 0.6) is 11.5 Å². The minimum absolute atomic E-state index is 0.369. The van der Waals surface area contributed by atoms with Gasteiger partial charge in [-0.1, -0.05) is 45.7 Å². The Balaban J connectivity index is 1.77. The minimum atomic E-state index is 0.369. The molecule has 0 aliphatic rings. The van der Waals surface area contributed by atoms with Gasteiger partial charge in [0, 0.05) is 27.3 Å². The Morgan fingerprint density at radius 2 is 1.79 bits per heavy atom. The Hall–Kier alpha value is -1.69. The topological polar surface area (TPSA) is 30.5 Å². The molecule has 0 fully saturated rings.